The van der Waals surface area contributed by atoms with Gasteiger partial charge in [-0.1, -0.05) is 0 Å². The van der Waals surface area contributed by atoms with E-state index in [1.165, 1.54) is 0 Å². The van der Waals surface area contributed by atoms with Crippen LogP contribution >= 0.6 is 49.9 Å². The minimum Gasteiger partial charge on any atom is -0.488 e. The van der Waals surface area contributed by atoms with Crippen molar-refractivity contribution in [2.45, 2.75) is 6.61 Å². The first-order valence-electron chi connectivity index (χ1n) is 4.95. The Hall–Kier alpha value is -0.600. The predicted molar refractivity (Wildman–Crippen MR) is 82.5 cm³/mol. The Morgan fingerprint density at radius 2 is 2.22 bits per heavy atom. The van der Waals surface area contributed by atoms with E-state index in [0.717, 1.165) is 12.9 Å². The van der Waals surface area contributed by atoms with Gasteiger partial charge in [0.1, 0.15) is 17.9 Å². The minimum atomic E-state index is -0.977. The molecule has 0 amide bonds. The summed E-state index contributed by atoms with van der Waals surface area (Å²) in [5, 5.41) is 11.1. The number of benzene rings is 1. The number of hydrogen-bond donors (Lipinski definition) is 1. The summed E-state index contributed by atoms with van der Waals surface area (Å²) in [5.41, 5.74) is 1.21. The summed E-state index contributed by atoms with van der Waals surface area (Å²) in [6.45, 7) is 0.364. The highest BCUT2D eigenvalue weighted by atomic mass is 127. The Morgan fingerprint density at radius 1 is 1.44 bits per heavy atom. The van der Waals surface area contributed by atoms with Crippen molar-refractivity contribution in [3.05, 3.63) is 48.1 Å². The summed E-state index contributed by atoms with van der Waals surface area (Å²) in [6.07, 6.45) is 0. The normalized spacial score (nSPS) is 10.3. The highest BCUT2D eigenvalue weighted by Crippen LogP contribution is 2.25. The molecule has 94 valence electrons. The van der Waals surface area contributed by atoms with Gasteiger partial charge in [0.25, 0.3) is 0 Å². The smallest absolute Gasteiger partial charge is 0.339 e. The number of ether oxygens (including phenoxy) is 1. The lowest BCUT2D eigenvalue weighted by molar-refractivity contribution is 0.0691. The molecule has 0 aliphatic heterocycles. The van der Waals surface area contributed by atoms with Crippen LogP contribution in [-0.2, 0) is 6.61 Å². The third-order valence-corrected chi connectivity index (χ3v) is 4.41. The van der Waals surface area contributed by atoms with E-state index >= 15 is 0 Å². The van der Waals surface area contributed by atoms with E-state index in [9.17, 15) is 4.79 Å². The van der Waals surface area contributed by atoms with Gasteiger partial charge >= 0.3 is 5.97 Å². The Bertz CT molecular complexity index is 582. The number of carboxylic acid groups (broad SMARTS) is 1. The maximum absolute atomic E-state index is 11.1. The van der Waals surface area contributed by atoms with Crippen molar-refractivity contribution in [3.8, 4) is 5.75 Å². The summed E-state index contributed by atoms with van der Waals surface area (Å²) >= 11 is 7.02. The number of rotatable bonds is 4. The third kappa shape index (κ3) is 3.46. The van der Waals surface area contributed by atoms with Crippen molar-refractivity contribution in [1.82, 2.24) is 0 Å². The summed E-state index contributed by atoms with van der Waals surface area (Å²) in [6, 6.07) is 7.07. The van der Waals surface area contributed by atoms with Gasteiger partial charge in [-0.3, -0.25) is 0 Å². The Kier molecular flexibility index (Phi) is 4.63. The topological polar surface area (TPSA) is 46.5 Å². The van der Waals surface area contributed by atoms with Crippen LogP contribution in [-0.4, -0.2) is 11.1 Å². The van der Waals surface area contributed by atoms with Crippen LogP contribution in [0.3, 0.4) is 0 Å². The molecule has 0 spiro atoms. The summed E-state index contributed by atoms with van der Waals surface area (Å²) in [7, 11) is 0. The molecule has 1 heterocycles. The number of carboxylic acids is 1. The van der Waals surface area contributed by atoms with Gasteiger partial charge in [0, 0.05) is 9.13 Å². The first-order valence-corrected chi connectivity index (χ1v) is 7.70. The molecule has 0 saturated carbocycles. The van der Waals surface area contributed by atoms with Crippen LogP contribution in [0.15, 0.2) is 33.4 Å². The molecule has 1 aromatic carbocycles. The van der Waals surface area contributed by atoms with Crippen LogP contribution in [0.1, 0.15) is 15.9 Å². The molecule has 0 fully saturated rings. The summed E-state index contributed by atoms with van der Waals surface area (Å²) in [4.78, 5) is 11.1. The molecule has 1 N–H and O–H groups in total. The molecule has 1 aromatic heterocycles. The molecular weight excluding hydrogens is 431 g/mol. The molecular formula is C12H8BrIO3S. The van der Waals surface area contributed by atoms with E-state index in [1.54, 1.807) is 23.5 Å². The summed E-state index contributed by atoms with van der Waals surface area (Å²) < 4.78 is 7.46. The monoisotopic (exact) mass is 438 g/mol. The van der Waals surface area contributed by atoms with Gasteiger partial charge < -0.3 is 9.84 Å². The molecule has 6 heteroatoms. The molecule has 0 aliphatic carbocycles. The zero-order chi connectivity index (χ0) is 13.1. The van der Waals surface area contributed by atoms with Crippen molar-refractivity contribution in [3.63, 3.8) is 0 Å². The Morgan fingerprint density at radius 3 is 2.83 bits per heavy atom. The third-order valence-electron chi connectivity index (χ3n) is 2.19. The molecule has 0 unspecified atom stereocenters. The lowest BCUT2D eigenvalue weighted by Gasteiger charge is -2.08. The fourth-order valence-electron chi connectivity index (χ4n) is 1.38. The van der Waals surface area contributed by atoms with E-state index in [-0.39, 0.29) is 5.56 Å². The first kappa shape index (κ1) is 13.8. The average Bonchev–Trinajstić information content (AvgIpc) is 2.73. The van der Waals surface area contributed by atoms with Gasteiger partial charge in [0.15, 0.2) is 0 Å². The second kappa shape index (κ2) is 6.03. The van der Waals surface area contributed by atoms with Crippen LogP contribution in [0.4, 0.5) is 0 Å². The molecule has 0 atom stereocenters. The van der Waals surface area contributed by atoms with Gasteiger partial charge in [0.05, 0.1) is 3.79 Å². The SMILES string of the molecule is O=C(O)c1cc(I)ccc1OCc1csc(Br)c1. The lowest BCUT2D eigenvalue weighted by Crippen LogP contribution is -2.03. The number of halogens is 2. The standard InChI is InChI=1S/C12H8BrIO3S/c13-11-3-7(6-18-11)5-17-10-2-1-8(14)4-9(10)12(15)16/h1-4,6H,5H2,(H,15,16). The lowest BCUT2D eigenvalue weighted by atomic mass is 10.2. The molecule has 0 saturated heterocycles. The van der Waals surface area contributed by atoms with Gasteiger partial charge in [-0.15, -0.1) is 11.3 Å². The van der Waals surface area contributed by atoms with Crippen LogP contribution in [0.5, 0.6) is 5.75 Å². The highest BCUT2D eigenvalue weighted by molar-refractivity contribution is 14.1. The van der Waals surface area contributed by atoms with Crippen molar-refractivity contribution in [2.24, 2.45) is 0 Å². The zero-order valence-corrected chi connectivity index (χ0v) is 13.6. The van der Waals surface area contributed by atoms with Crippen LogP contribution in [0.25, 0.3) is 0 Å². The molecule has 2 rings (SSSR count). The van der Waals surface area contributed by atoms with E-state index in [2.05, 4.69) is 38.5 Å². The molecule has 2 aromatic rings. The van der Waals surface area contributed by atoms with Crippen LogP contribution in [0.2, 0.25) is 0 Å². The van der Waals surface area contributed by atoms with E-state index in [0.29, 0.717) is 12.4 Å². The molecule has 0 radical (unpaired) electrons. The molecule has 0 aliphatic rings. The van der Waals surface area contributed by atoms with Crippen molar-refractivity contribution >= 4 is 55.8 Å². The van der Waals surface area contributed by atoms with Gasteiger partial charge in [-0.05, 0) is 68.2 Å². The average molecular weight is 439 g/mol. The van der Waals surface area contributed by atoms with Crippen molar-refractivity contribution in [1.29, 1.82) is 0 Å². The van der Waals surface area contributed by atoms with Crippen LogP contribution < -0.4 is 4.74 Å². The van der Waals surface area contributed by atoms with Crippen LogP contribution in [0, 0.1) is 3.57 Å². The van der Waals surface area contributed by atoms with Gasteiger partial charge in [0.2, 0.25) is 0 Å². The second-order valence-electron chi connectivity index (χ2n) is 3.49. The zero-order valence-electron chi connectivity index (χ0n) is 9.02. The number of aromatic carboxylic acids is 1. The fraction of sp³-hybridized carbons (Fsp3) is 0.0833. The highest BCUT2D eigenvalue weighted by Gasteiger charge is 2.12. The second-order valence-corrected chi connectivity index (χ2v) is 7.03. The number of carbonyl (C=O) groups is 1. The quantitative estimate of drug-likeness (QED) is 0.720. The number of hydrogen-bond acceptors (Lipinski definition) is 3. The van der Waals surface area contributed by atoms with Crippen molar-refractivity contribution < 1.29 is 14.6 Å². The fourth-order valence-corrected chi connectivity index (χ4v) is 3.06. The summed E-state index contributed by atoms with van der Waals surface area (Å²) in [5.74, 6) is -0.583. The maximum atomic E-state index is 11.1. The first-order chi connectivity index (χ1) is 8.56. The largest absolute Gasteiger partial charge is 0.488 e. The predicted octanol–water partition coefficient (Wildman–Crippen LogP) is 4.39. The van der Waals surface area contributed by atoms with E-state index in [4.69, 9.17) is 9.84 Å². The number of thiophene rings is 1. The maximum Gasteiger partial charge on any atom is 0.339 e. The van der Waals surface area contributed by atoms with Crippen molar-refractivity contribution in [2.75, 3.05) is 0 Å². The van der Waals surface area contributed by atoms with Gasteiger partial charge in [-0.25, -0.2) is 4.79 Å². The molecule has 18 heavy (non-hydrogen) atoms. The Labute approximate surface area is 130 Å². The Balaban J connectivity index is 2.16. The molecule has 0 bridgehead atoms. The minimum absolute atomic E-state index is 0.191. The van der Waals surface area contributed by atoms with E-state index in [1.807, 2.05) is 17.5 Å². The van der Waals surface area contributed by atoms with E-state index < -0.39 is 5.97 Å². The molecule has 3 nitrogen and oxygen atoms in total. The van der Waals surface area contributed by atoms with Gasteiger partial charge in [-0.2, -0.15) is 0 Å².